The van der Waals surface area contributed by atoms with Crippen LogP contribution >= 0.6 is 0 Å². The monoisotopic (exact) mass is 182 g/mol. The standard InChI is InChI=1S/C13H12N/c1-10-8-14-9-11(2)13(10)12-6-4-3-5-7-12/h4-9H,1-2H3. The maximum atomic E-state index is 4.16. The lowest BCUT2D eigenvalue weighted by Gasteiger charge is -2.08. The molecule has 0 aliphatic heterocycles. The Morgan fingerprint density at radius 2 is 1.57 bits per heavy atom. The molecule has 0 bridgehead atoms. The summed E-state index contributed by atoms with van der Waals surface area (Å²) in [6, 6.07) is 11.1. The van der Waals surface area contributed by atoms with Crippen LogP contribution < -0.4 is 0 Å². The summed E-state index contributed by atoms with van der Waals surface area (Å²) in [6.45, 7) is 4.18. The molecule has 2 rings (SSSR count). The SMILES string of the molecule is Cc1cncc(C)c1-c1cc[c]cc1. The second kappa shape index (κ2) is 3.62. The maximum Gasteiger partial charge on any atom is 0.0303 e. The van der Waals surface area contributed by atoms with E-state index in [0.29, 0.717) is 0 Å². The normalized spacial score (nSPS) is 10.1. The molecule has 1 radical (unpaired) electrons. The van der Waals surface area contributed by atoms with Crippen molar-refractivity contribution < 1.29 is 0 Å². The van der Waals surface area contributed by atoms with Crippen molar-refractivity contribution in [3.8, 4) is 11.1 Å². The Morgan fingerprint density at radius 1 is 1.00 bits per heavy atom. The molecule has 69 valence electrons. The lowest BCUT2D eigenvalue weighted by molar-refractivity contribution is 1.22. The number of aromatic nitrogens is 1. The summed E-state index contributed by atoms with van der Waals surface area (Å²) >= 11 is 0. The maximum absolute atomic E-state index is 4.16. The van der Waals surface area contributed by atoms with Crippen molar-refractivity contribution in [2.45, 2.75) is 13.8 Å². The van der Waals surface area contributed by atoms with Gasteiger partial charge in [-0.05, 0) is 42.2 Å². The summed E-state index contributed by atoms with van der Waals surface area (Å²) in [5.41, 5.74) is 4.96. The minimum absolute atomic E-state index is 1.22. The van der Waals surface area contributed by atoms with Crippen LogP contribution in [0.2, 0.25) is 0 Å². The van der Waals surface area contributed by atoms with Gasteiger partial charge in [-0.2, -0.15) is 0 Å². The third kappa shape index (κ3) is 1.53. The quantitative estimate of drug-likeness (QED) is 0.660. The molecule has 0 aliphatic rings. The van der Waals surface area contributed by atoms with Crippen LogP contribution in [0.3, 0.4) is 0 Å². The topological polar surface area (TPSA) is 12.9 Å². The van der Waals surface area contributed by atoms with Gasteiger partial charge >= 0.3 is 0 Å². The van der Waals surface area contributed by atoms with E-state index >= 15 is 0 Å². The first-order valence-electron chi connectivity index (χ1n) is 4.67. The fourth-order valence-electron chi connectivity index (χ4n) is 1.71. The molecule has 2 aromatic rings. The van der Waals surface area contributed by atoms with E-state index in [0.717, 1.165) is 0 Å². The van der Waals surface area contributed by atoms with Crippen molar-refractivity contribution in [2.75, 3.05) is 0 Å². The first-order valence-corrected chi connectivity index (χ1v) is 4.67. The van der Waals surface area contributed by atoms with E-state index in [-0.39, 0.29) is 0 Å². The van der Waals surface area contributed by atoms with Crippen molar-refractivity contribution in [3.63, 3.8) is 0 Å². The molecule has 0 fully saturated rings. The molecule has 0 aliphatic carbocycles. The Morgan fingerprint density at radius 3 is 2.14 bits per heavy atom. The van der Waals surface area contributed by atoms with Crippen LogP contribution in [-0.2, 0) is 0 Å². The van der Waals surface area contributed by atoms with Crippen molar-refractivity contribution in [2.24, 2.45) is 0 Å². The van der Waals surface area contributed by atoms with Gasteiger partial charge in [-0.1, -0.05) is 24.3 Å². The molecule has 1 aromatic heterocycles. The molecular weight excluding hydrogens is 170 g/mol. The summed E-state index contributed by atoms with van der Waals surface area (Å²) in [5.74, 6) is 0. The number of hydrogen-bond acceptors (Lipinski definition) is 1. The minimum atomic E-state index is 1.22. The number of rotatable bonds is 1. The van der Waals surface area contributed by atoms with Crippen LogP contribution in [0.1, 0.15) is 11.1 Å². The molecule has 1 aromatic carbocycles. The summed E-state index contributed by atoms with van der Waals surface area (Å²) in [4.78, 5) is 4.16. The lowest BCUT2D eigenvalue weighted by Crippen LogP contribution is -1.89. The molecule has 0 N–H and O–H groups in total. The zero-order valence-electron chi connectivity index (χ0n) is 8.41. The van der Waals surface area contributed by atoms with Crippen molar-refractivity contribution >= 4 is 0 Å². The first-order chi connectivity index (χ1) is 6.79. The number of aryl methyl sites for hydroxylation is 2. The predicted molar refractivity (Wildman–Crippen MR) is 58.0 cm³/mol. The highest BCUT2D eigenvalue weighted by atomic mass is 14.6. The van der Waals surface area contributed by atoms with Crippen LogP contribution in [0.5, 0.6) is 0 Å². The zero-order chi connectivity index (χ0) is 9.97. The zero-order valence-corrected chi connectivity index (χ0v) is 8.41. The molecule has 0 unspecified atom stereocenters. The van der Waals surface area contributed by atoms with Crippen molar-refractivity contribution in [1.82, 2.24) is 4.98 Å². The fraction of sp³-hybridized carbons (Fsp3) is 0.154. The van der Waals surface area contributed by atoms with Gasteiger partial charge in [0, 0.05) is 12.4 Å². The van der Waals surface area contributed by atoms with E-state index in [2.05, 4.69) is 37.0 Å². The van der Waals surface area contributed by atoms with Gasteiger partial charge in [0.2, 0.25) is 0 Å². The fourth-order valence-corrected chi connectivity index (χ4v) is 1.71. The van der Waals surface area contributed by atoms with Gasteiger partial charge in [0.25, 0.3) is 0 Å². The van der Waals surface area contributed by atoms with E-state index in [9.17, 15) is 0 Å². The molecule has 0 amide bonds. The number of pyridine rings is 1. The van der Waals surface area contributed by atoms with Crippen LogP contribution in [-0.4, -0.2) is 4.98 Å². The molecule has 0 saturated carbocycles. The number of nitrogens with zero attached hydrogens (tertiary/aromatic N) is 1. The summed E-state index contributed by atoms with van der Waals surface area (Å²) in [7, 11) is 0. The van der Waals surface area contributed by atoms with Crippen LogP contribution in [0.4, 0.5) is 0 Å². The van der Waals surface area contributed by atoms with Crippen LogP contribution in [0.15, 0.2) is 36.7 Å². The lowest BCUT2D eigenvalue weighted by atomic mass is 9.98. The Bertz CT molecular complexity index is 412. The largest absolute Gasteiger partial charge is 0.264 e. The van der Waals surface area contributed by atoms with Gasteiger partial charge < -0.3 is 0 Å². The Kier molecular flexibility index (Phi) is 2.32. The van der Waals surface area contributed by atoms with Gasteiger partial charge in [0.1, 0.15) is 0 Å². The van der Waals surface area contributed by atoms with Gasteiger partial charge in [-0.3, -0.25) is 4.98 Å². The third-order valence-electron chi connectivity index (χ3n) is 2.33. The smallest absolute Gasteiger partial charge is 0.0303 e. The first kappa shape index (κ1) is 8.95. The van der Waals surface area contributed by atoms with Crippen LogP contribution in [0.25, 0.3) is 11.1 Å². The third-order valence-corrected chi connectivity index (χ3v) is 2.33. The molecule has 0 atom stereocenters. The number of hydrogen-bond donors (Lipinski definition) is 0. The molecular formula is C13H12N. The molecule has 1 heteroatoms. The molecule has 0 saturated heterocycles. The van der Waals surface area contributed by atoms with E-state index in [1.807, 2.05) is 24.5 Å². The number of benzene rings is 1. The summed E-state index contributed by atoms with van der Waals surface area (Å²) < 4.78 is 0. The van der Waals surface area contributed by atoms with Crippen molar-refractivity contribution in [3.05, 3.63) is 53.9 Å². The van der Waals surface area contributed by atoms with E-state index in [4.69, 9.17) is 0 Å². The van der Waals surface area contributed by atoms with E-state index in [1.54, 1.807) is 0 Å². The average molecular weight is 182 g/mol. The minimum Gasteiger partial charge on any atom is -0.264 e. The van der Waals surface area contributed by atoms with Gasteiger partial charge in [0.15, 0.2) is 0 Å². The highest BCUT2D eigenvalue weighted by molar-refractivity contribution is 5.69. The van der Waals surface area contributed by atoms with E-state index in [1.165, 1.54) is 22.3 Å². The van der Waals surface area contributed by atoms with Gasteiger partial charge in [-0.15, -0.1) is 0 Å². The average Bonchev–Trinajstić information content (AvgIpc) is 2.19. The Hall–Kier alpha value is -1.63. The predicted octanol–water partition coefficient (Wildman–Crippen LogP) is 3.17. The molecule has 0 spiro atoms. The highest BCUT2D eigenvalue weighted by Crippen LogP contribution is 2.25. The second-order valence-corrected chi connectivity index (χ2v) is 3.44. The molecule has 14 heavy (non-hydrogen) atoms. The second-order valence-electron chi connectivity index (χ2n) is 3.44. The van der Waals surface area contributed by atoms with Gasteiger partial charge in [0.05, 0.1) is 0 Å². The van der Waals surface area contributed by atoms with Crippen molar-refractivity contribution in [1.29, 1.82) is 0 Å². The van der Waals surface area contributed by atoms with Gasteiger partial charge in [-0.25, -0.2) is 0 Å². The Labute approximate surface area is 84.4 Å². The van der Waals surface area contributed by atoms with E-state index < -0.39 is 0 Å². The molecule has 1 nitrogen and oxygen atoms in total. The summed E-state index contributed by atoms with van der Waals surface area (Å²) in [6.07, 6.45) is 3.80. The Balaban J connectivity index is 2.63. The van der Waals surface area contributed by atoms with Crippen LogP contribution in [0, 0.1) is 19.9 Å². The summed E-state index contributed by atoms with van der Waals surface area (Å²) in [5, 5.41) is 0. The highest BCUT2D eigenvalue weighted by Gasteiger charge is 2.04. The molecule has 1 heterocycles.